The van der Waals surface area contributed by atoms with Gasteiger partial charge in [-0.05, 0) is 25.1 Å². The summed E-state index contributed by atoms with van der Waals surface area (Å²) in [5.74, 6) is -0.164. The van der Waals surface area contributed by atoms with Crippen molar-refractivity contribution < 1.29 is 9.53 Å². The van der Waals surface area contributed by atoms with E-state index in [0.29, 0.717) is 13.0 Å². The predicted molar refractivity (Wildman–Crippen MR) is 96.2 cm³/mol. The number of carbonyl (C=O) groups is 1. The van der Waals surface area contributed by atoms with Gasteiger partial charge in [-0.3, -0.25) is 4.79 Å². The number of ether oxygens (including phenoxy) is 1. The van der Waals surface area contributed by atoms with Crippen molar-refractivity contribution in [3.63, 3.8) is 0 Å². The Morgan fingerprint density at radius 3 is 2.91 bits per heavy atom. The number of amides is 1. The van der Waals surface area contributed by atoms with Gasteiger partial charge in [-0.25, -0.2) is 4.98 Å². The van der Waals surface area contributed by atoms with Crippen LogP contribution in [0.2, 0.25) is 0 Å². The van der Waals surface area contributed by atoms with Gasteiger partial charge >= 0.3 is 0 Å². The van der Waals surface area contributed by atoms with Crippen molar-refractivity contribution >= 4 is 45.6 Å². The lowest BCUT2D eigenvalue weighted by atomic mass is 9.54. The molecule has 126 valence electrons. The number of nitrogens with zero attached hydrogens (tertiary/aromatic N) is 1. The van der Waals surface area contributed by atoms with Gasteiger partial charge in [0.15, 0.2) is 0 Å². The highest BCUT2D eigenvalue weighted by Crippen LogP contribution is 2.50. The Morgan fingerprint density at radius 1 is 1.52 bits per heavy atom. The third kappa shape index (κ3) is 2.85. The van der Waals surface area contributed by atoms with Crippen molar-refractivity contribution in [2.24, 2.45) is 11.1 Å². The van der Waals surface area contributed by atoms with Crippen LogP contribution in [0, 0.1) is 5.41 Å². The Labute approximate surface area is 146 Å². The molecule has 1 heterocycles. The van der Waals surface area contributed by atoms with Crippen LogP contribution in [0.5, 0.6) is 0 Å². The van der Waals surface area contributed by atoms with E-state index in [2.05, 4.69) is 10.3 Å². The van der Waals surface area contributed by atoms with E-state index in [4.69, 9.17) is 10.5 Å². The van der Waals surface area contributed by atoms with Crippen LogP contribution in [0.1, 0.15) is 27.2 Å². The first-order chi connectivity index (χ1) is 10.4. The summed E-state index contributed by atoms with van der Waals surface area (Å²) in [7, 11) is 0. The summed E-state index contributed by atoms with van der Waals surface area (Å²) in [6, 6.07) is 5.72. The molecule has 1 aromatic carbocycles. The third-order valence-corrected chi connectivity index (χ3v) is 5.63. The number of aromatic nitrogens is 1. The molecule has 0 spiro atoms. The first kappa shape index (κ1) is 18.1. The van der Waals surface area contributed by atoms with E-state index in [9.17, 15) is 4.79 Å². The monoisotopic (exact) mass is 355 g/mol. The summed E-state index contributed by atoms with van der Waals surface area (Å²) < 4.78 is 6.77. The molecule has 23 heavy (non-hydrogen) atoms. The molecule has 5 nitrogen and oxygen atoms in total. The van der Waals surface area contributed by atoms with E-state index in [1.54, 1.807) is 16.8 Å². The number of nitrogens with one attached hydrogen (secondary N) is 1. The Bertz CT molecular complexity index is 718. The molecule has 0 saturated heterocycles. The number of benzene rings is 1. The smallest absolute Gasteiger partial charge is 0.245 e. The second-order valence-electron chi connectivity index (χ2n) is 6.33. The van der Waals surface area contributed by atoms with Gasteiger partial charge in [-0.1, -0.05) is 13.8 Å². The van der Waals surface area contributed by atoms with E-state index in [-0.39, 0.29) is 24.4 Å². The standard InChI is InChI=1S/C16H21N3O2S.ClH/c1-4-21-13-8-16(17,15(13,2)3)14(20)19-10-5-6-12-11(7-10)18-9-22-12;/h5-7,9,13H,4,8,17H2,1-3H3,(H,19,20);1H. The van der Waals surface area contributed by atoms with Gasteiger partial charge < -0.3 is 15.8 Å². The van der Waals surface area contributed by atoms with Crippen molar-refractivity contribution in [3.05, 3.63) is 23.7 Å². The first-order valence-corrected chi connectivity index (χ1v) is 8.31. The van der Waals surface area contributed by atoms with Gasteiger partial charge in [-0.15, -0.1) is 23.7 Å². The van der Waals surface area contributed by atoms with Crippen molar-refractivity contribution in [3.8, 4) is 0 Å². The molecule has 1 fully saturated rings. The molecule has 0 aliphatic heterocycles. The number of halogens is 1. The Hall–Kier alpha value is -1.21. The van der Waals surface area contributed by atoms with Gasteiger partial charge in [0.05, 0.1) is 21.8 Å². The fraction of sp³-hybridized carbons (Fsp3) is 0.500. The van der Waals surface area contributed by atoms with Crippen molar-refractivity contribution in [1.29, 1.82) is 0 Å². The lowest BCUT2D eigenvalue weighted by Crippen LogP contribution is -2.74. The number of hydrogen-bond acceptors (Lipinski definition) is 5. The molecule has 1 aromatic heterocycles. The summed E-state index contributed by atoms with van der Waals surface area (Å²) in [4.78, 5) is 16.9. The van der Waals surface area contributed by atoms with Crippen LogP contribution in [-0.2, 0) is 9.53 Å². The Balaban J connectivity index is 0.00000192. The van der Waals surface area contributed by atoms with Gasteiger partial charge in [0, 0.05) is 24.1 Å². The lowest BCUT2D eigenvalue weighted by molar-refractivity contribution is -0.166. The molecule has 2 atom stereocenters. The summed E-state index contributed by atoms with van der Waals surface area (Å²) in [6.07, 6.45) is 0.563. The molecule has 3 N–H and O–H groups in total. The molecule has 1 saturated carbocycles. The van der Waals surface area contributed by atoms with Crippen LogP contribution in [0.15, 0.2) is 23.7 Å². The molecule has 3 rings (SSSR count). The van der Waals surface area contributed by atoms with E-state index < -0.39 is 11.0 Å². The highest BCUT2D eigenvalue weighted by atomic mass is 35.5. The molecule has 7 heteroatoms. The number of nitrogens with two attached hydrogens (primary N) is 1. The maximum absolute atomic E-state index is 12.6. The summed E-state index contributed by atoms with van der Waals surface area (Å²) in [5.41, 5.74) is 8.48. The Kier molecular flexibility index (Phi) is 5.01. The van der Waals surface area contributed by atoms with Crippen LogP contribution >= 0.6 is 23.7 Å². The van der Waals surface area contributed by atoms with Gasteiger partial charge in [0.2, 0.25) is 5.91 Å². The Morgan fingerprint density at radius 2 is 2.26 bits per heavy atom. The van der Waals surface area contributed by atoms with Gasteiger partial charge in [0.1, 0.15) is 5.54 Å². The summed E-state index contributed by atoms with van der Waals surface area (Å²) >= 11 is 1.58. The minimum Gasteiger partial charge on any atom is -0.378 e. The molecule has 1 aliphatic rings. The second-order valence-corrected chi connectivity index (χ2v) is 7.22. The molecule has 1 aliphatic carbocycles. The van der Waals surface area contributed by atoms with Crippen LogP contribution in [0.25, 0.3) is 10.2 Å². The van der Waals surface area contributed by atoms with Gasteiger partial charge in [-0.2, -0.15) is 0 Å². The van der Waals surface area contributed by atoms with Crippen molar-refractivity contribution in [2.45, 2.75) is 38.8 Å². The highest BCUT2D eigenvalue weighted by molar-refractivity contribution is 7.16. The SMILES string of the molecule is CCOC1CC(N)(C(=O)Nc2ccc3scnc3c2)C1(C)C.Cl. The van der Waals surface area contributed by atoms with Crippen molar-refractivity contribution in [2.75, 3.05) is 11.9 Å². The zero-order valence-electron chi connectivity index (χ0n) is 13.5. The number of anilines is 1. The van der Waals surface area contributed by atoms with Crippen LogP contribution in [-0.4, -0.2) is 29.1 Å². The molecular weight excluding hydrogens is 334 g/mol. The average Bonchev–Trinajstić information content (AvgIpc) is 2.94. The number of fused-ring (bicyclic) bond motifs is 1. The van der Waals surface area contributed by atoms with Crippen LogP contribution < -0.4 is 11.1 Å². The lowest BCUT2D eigenvalue weighted by Gasteiger charge is -2.57. The fourth-order valence-electron chi connectivity index (χ4n) is 3.00. The predicted octanol–water partition coefficient (Wildman–Crippen LogP) is 3.19. The minimum atomic E-state index is -0.913. The largest absolute Gasteiger partial charge is 0.378 e. The van der Waals surface area contributed by atoms with Gasteiger partial charge in [0.25, 0.3) is 0 Å². The molecule has 1 amide bonds. The number of carbonyl (C=O) groups excluding carboxylic acids is 1. The quantitative estimate of drug-likeness (QED) is 0.882. The maximum atomic E-state index is 12.6. The van der Waals surface area contributed by atoms with E-state index in [0.717, 1.165) is 15.9 Å². The van der Waals surface area contributed by atoms with Crippen molar-refractivity contribution in [1.82, 2.24) is 4.98 Å². The topological polar surface area (TPSA) is 77.2 Å². The summed E-state index contributed by atoms with van der Waals surface area (Å²) in [6.45, 7) is 6.56. The van der Waals surface area contributed by atoms with E-state index in [1.165, 1.54) is 0 Å². The molecule has 2 unspecified atom stereocenters. The van der Waals surface area contributed by atoms with E-state index in [1.807, 2.05) is 39.0 Å². The number of thiazole rings is 1. The second kappa shape index (κ2) is 6.36. The van der Waals surface area contributed by atoms with Crippen LogP contribution in [0.4, 0.5) is 5.69 Å². The fourth-order valence-corrected chi connectivity index (χ4v) is 3.66. The van der Waals surface area contributed by atoms with E-state index >= 15 is 0 Å². The first-order valence-electron chi connectivity index (χ1n) is 7.43. The number of hydrogen-bond donors (Lipinski definition) is 2. The zero-order valence-corrected chi connectivity index (χ0v) is 15.1. The normalized spacial score (nSPS) is 25.5. The maximum Gasteiger partial charge on any atom is 0.245 e. The molecule has 0 bridgehead atoms. The molecule has 0 radical (unpaired) electrons. The van der Waals surface area contributed by atoms with Crippen LogP contribution in [0.3, 0.4) is 0 Å². The number of rotatable bonds is 4. The minimum absolute atomic E-state index is 0. The third-order valence-electron chi connectivity index (χ3n) is 4.82. The molecule has 2 aromatic rings. The molecular formula is C16H22ClN3O2S. The average molecular weight is 356 g/mol. The highest BCUT2D eigenvalue weighted by Gasteiger charge is 2.62. The zero-order chi connectivity index (χ0) is 16.0. The summed E-state index contributed by atoms with van der Waals surface area (Å²) in [5, 5.41) is 2.93.